The Labute approximate surface area is 193 Å². The monoisotopic (exact) mass is 451 g/mol. The molecule has 2 aromatic rings. The van der Waals surface area contributed by atoms with Gasteiger partial charge in [-0.2, -0.15) is 0 Å². The number of hydrogen-bond donors (Lipinski definition) is 4. The summed E-state index contributed by atoms with van der Waals surface area (Å²) in [5.74, 6) is -0.712. The Bertz CT molecular complexity index is 1120. The van der Waals surface area contributed by atoms with Crippen LogP contribution in [0.3, 0.4) is 0 Å². The van der Waals surface area contributed by atoms with Crippen molar-refractivity contribution in [2.75, 3.05) is 12.4 Å². The number of amides is 1. The van der Waals surface area contributed by atoms with Gasteiger partial charge in [0.1, 0.15) is 11.5 Å². The number of rotatable bonds is 5. The van der Waals surface area contributed by atoms with Gasteiger partial charge in [-0.05, 0) is 56.5 Å². The fourth-order valence-corrected chi connectivity index (χ4v) is 4.64. The Hall–Kier alpha value is -3.13. The molecule has 0 aromatic heterocycles. The molecule has 1 fully saturated rings. The minimum Gasteiger partial charge on any atom is -0.508 e. The van der Waals surface area contributed by atoms with Crippen LogP contribution in [0.2, 0.25) is 0 Å². The molecule has 7 nitrogen and oxygen atoms in total. The van der Waals surface area contributed by atoms with Crippen LogP contribution in [-0.2, 0) is 19.9 Å². The van der Waals surface area contributed by atoms with Gasteiger partial charge in [0.15, 0.2) is 11.7 Å². The molecule has 0 saturated carbocycles. The summed E-state index contributed by atoms with van der Waals surface area (Å²) < 4.78 is 11.5. The molecule has 7 heteroatoms. The summed E-state index contributed by atoms with van der Waals surface area (Å²) in [7, 11) is 1.32. The lowest BCUT2D eigenvalue weighted by atomic mass is 9.76. The zero-order valence-corrected chi connectivity index (χ0v) is 19.0. The predicted octanol–water partition coefficient (Wildman–Crippen LogP) is 3.83. The normalized spacial score (nSPS) is 29.2. The molecule has 33 heavy (non-hydrogen) atoms. The lowest BCUT2D eigenvalue weighted by molar-refractivity contribution is -0.142. The number of benzene rings is 2. The van der Waals surface area contributed by atoms with Crippen LogP contribution in [0.15, 0.2) is 54.6 Å². The van der Waals surface area contributed by atoms with Crippen molar-refractivity contribution in [2.45, 2.75) is 50.1 Å². The maximum Gasteiger partial charge on any atom is 0.257 e. The molecular weight excluding hydrogens is 422 g/mol. The number of carbonyl (C=O) groups is 1. The van der Waals surface area contributed by atoms with E-state index in [1.807, 2.05) is 19.9 Å². The number of hydrogen-bond acceptors (Lipinski definition) is 6. The number of ether oxygens (including phenoxy) is 2. The van der Waals surface area contributed by atoms with Crippen molar-refractivity contribution in [3.63, 3.8) is 0 Å². The molecule has 2 aliphatic rings. The number of methoxy groups -OCH3 is 1. The molecule has 0 bridgehead atoms. The van der Waals surface area contributed by atoms with Crippen molar-refractivity contribution in [3.8, 4) is 11.5 Å². The topological polar surface area (TPSA) is 108 Å². The van der Waals surface area contributed by atoms with Crippen LogP contribution in [-0.4, -0.2) is 46.1 Å². The quantitative estimate of drug-likeness (QED) is 0.515. The summed E-state index contributed by atoms with van der Waals surface area (Å²) in [5.41, 5.74) is -0.349. The number of aliphatic hydroxyl groups is 1. The predicted molar refractivity (Wildman–Crippen MR) is 125 cm³/mol. The van der Waals surface area contributed by atoms with Gasteiger partial charge < -0.3 is 30.1 Å². The van der Waals surface area contributed by atoms with E-state index in [1.165, 1.54) is 31.4 Å². The van der Waals surface area contributed by atoms with Crippen LogP contribution in [0, 0.1) is 0 Å². The van der Waals surface area contributed by atoms with Crippen LogP contribution in [0.1, 0.15) is 43.4 Å². The summed E-state index contributed by atoms with van der Waals surface area (Å²) in [4.78, 5) is 12.7. The maximum atomic E-state index is 12.7. The highest BCUT2D eigenvalue weighted by atomic mass is 16.5. The molecule has 4 atom stereocenters. The van der Waals surface area contributed by atoms with Crippen LogP contribution < -0.4 is 5.32 Å². The van der Waals surface area contributed by atoms with Crippen LogP contribution in [0.5, 0.6) is 11.5 Å². The van der Waals surface area contributed by atoms with E-state index in [0.717, 1.165) is 18.4 Å². The van der Waals surface area contributed by atoms with Crippen molar-refractivity contribution in [2.24, 2.45) is 0 Å². The summed E-state index contributed by atoms with van der Waals surface area (Å²) >= 11 is 0. The van der Waals surface area contributed by atoms with Gasteiger partial charge in [0, 0.05) is 12.7 Å². The molecule has 2 heterocycles. The molecule has 0 unspecified atom stereocenters. The van der Waals surface area contributed by atoms with E-state index in [9.17, 15) is 20.1 Å². The van der Waals surface area contributed by atoms with E-state index >= 15 is 0 Å². The third kappa shape index (κ3) is 3.93. The van der Waals surface area contributed by atoms with Gasteiger partial charge in [0.2, 0.25) is 0 Å². The SMILES string of the molecule is C=C(C)[C@@H]1CC[C@](C)(/C=C/c2ccc3c(c2O)[C@@](O)(c2ccc(O)cc2)[C@H](OC)C(=O)N3)O1. The number of phenols is 2. The van der Waals surface area contributed by atoms with Gasteiger partial charge in [-0.25, -0.2) is 0 Å². The average molecular weight is 452 g/mol. The largest absolute Gasteiger partial charge is 0.508 e. The fourth-order valence-electron chi connectivity index (χ4n) is 4.64. The number of anilines is 1. The van der Waals surface area contributed by atoms with Gasteiger partial charge in [-0.15, -0.1) is 0 Å². The number of carbonyl (C=O) groups excluding carboxylic acids is 1. The Balaban J connectivity index is 1.79. The first-order valence-electron chi connectivity index (χ1n) is 10.8. The molecule has 0 aliphatic carbocycles. The second-order valence-electron chi connectivity index (χ2n) is 8.98. The minimum absolute atomic E-state index is 0.00552. The lowest BCUT2D eigenvalue weighted by Crippen LogP contribution is -2.52. The summed E-state index contributed by atoms with van der Waals surface area (Å²) in [6.07, 6.45) is 4.01. The Morgan fingerprint density at radius 1 is 1.24 bits per heavy atom. The van der Waals surface area contributed by atoms with Crippen molar-refractivity contribution < 1.29 is 29.6 Å². The second kappa shape index (κ2) is 8.33. The number of aromatic hydroxyl groups is 2. The minimum atomic E-state index is -1.98. The van der Waals surface area contributed by atoms with Crippen molar-refractivity contribution in [1.82, 2.24) is 0 Å². The highest BCUT2D eigenvalue weighted by molar-refractivity contribution is 6.00. The van der Waals surface area contributed by atoms with E-state index in [1.54, 1.807) is 18.2 Å². The molecule has 4 rings (SSSR count). The first kappa shape index (κ1) is 23.0. The van der Waals surface area contributed by atoms with E-state index in [2.05, 4.69) is 11.9 Å². The zero-order valence-electron chi connectivity index (χ0n) is 19.0. The molecule has 2 aliphatic heterocycles. The van der Waals surface area contributed by atoms with Crippen LogP contribution in [0.4, 0.5) is 5.69 Å². The zero-order chi connectivity index (χ0) is 24.0. The van der Waals surface area contributed by atoms with E-state index in [4.69, 9.17) is 9.47 Å². The Kier molecular flexibility index (Phi) is 5.82. The first-order chi connectivity index (χ1) is 15.6. The molecular formula is C26H29NO6. The third-order valence-corrected chi connectivity index (χ3v) is 6.49. The molecule has 1 saturated heterocycles. The molecule has 2 aromatic carbocycles. The van der Waals surface area contributed by atoms with Crippen LogP contribution in [0.25, 0.3) is 6.08 Å². The summed E-state index contributed by atoms with van der Waals surface area (Å²) in [5, 5.41) is 35.5. The number of phenolic OH excluding ortho intramolecular Hbond substituents is 2. The van der Waals surface area contributed by atoms with Crippen molar-refractivity contribution in [3.05, 3.63) is 71.3 Å². The lowest BCUT2D eigenvalue weighted by Gasteiger charge is -2.40. The average Bonchev–Trinajstić information content (AvgIpc) is 3.16. The Morgan fingerprint density at radius 2 is 1.94 bits per heavy atom. The summed E-state index contributed by atoms with van der Waals surface area (Å²) in [6.45, 7) is 7.90. The van der Waals surface area contributed by atoms with Gasteiger partial charge in [-0.3, -0.25) is 4.79 Å². The maximum absolute atomic E-state index is 12.7. The highest BCUT2D eigenvalue weighted by Crippen LogP contribution is 2.48. The standard InChI is InChI=1S/C26H29NO6/c1-15(2)20-12-14-25(3,33-20)13-11-16-5-10-19-21(22(16)29)26(31,23(32-4)24(30)27-19)17-6-8-18(28)9-7-17/h5-11,13,20,23,28-29,31H,1,12,14H2,2-4H3,(H,27,30)/b13-11+/t20-,23+,25-,26-/m0/s1. The molecule has 1 amide bonds. The van der Waals surface area contributed by atoms with Crippen molar-refractivity contribution >= 4 is 17.7 Å². The molecule has 4 N–H and O–H groups in total. The van der Waals surface area contributed by atoms with Gasteiger partial charge in [-0.1, -0.05) is 36.4 Å². The molecule has 0 spiro atoms. The van der Waals surface area contributed by atoms with Crippen molar-refractivity contribution in [1.29, 1.82) is 0 Å². The van der Waals surface area contributed by atoms with E-state index in [-0.39, 0.29) is 28.9 Å². The highest BCUT2D eigenvalue weighted by Gasteiger charge is 2.51. The summed E-state index contributed by atoms with van der Waals surface area (Å²) in [6, 6.07) is 9.11. The number of fused-ring (bicyclic) bond motifs is 1. The van der Waals surface area contributed by atoms with E-state index in [0.29, 0.717) is 11.1 Å². The smallest absolute Gasteiger partial charge is 0.257 e. The first-order valence-corrected chi connectivity index (χ1v) is 10.8. The van der Waals surface area contributed by atoms with E-state index < -0.39 is 23.2 Å². The fraction of sp³-hybridized carbons (Fsp3) is 0.346. The van der Waals surface area contributed by atoms with Gasteiger partial charge in [0.05, 0.1) is 23.0 Å². The van der Waals surface area contributed by atoms with Gasteiger partial charge in [0.25, 0.3) is 5.91 Å². The second-order valence-corrected chi connectivity index (χ2v) is 8.98. The molecule has 174 valence electrons. The van der Waals surface area contributed by atoms with Crippen LogP contribution >= 0.6 is 0 Å². The third-order valence-electron chi connectivity index (χ3n) is 6.49. The van der Waals surface area contributed by atoms with Gasteiger partial charge >= 0.3 is 0 Å². The molecule has 0 radical (unpaired) electrons. The Morgan fingerprint density at radius 3 is 2.55 bits per heavy atom. The number of nitrogens with one attached hydrogen (secondary N) is 1.